The number of hydrogen-bond donors (Lipinski definition) is 0. The summed E-state index contributed by atoms with van der Waals surface area (Å²) in [5, 5.41) is 0. The van der Waals surface area contributed by atoms with Gasteiger partial charge in [-0.3, -0.25) is 9.47 Å². The van der Waals surface area contributed by atoms with E-state index in [1.165, 1.54) is 0 Å². The van der Waals surface area contributed by atoms with Crippen LogP contribution in [0.2, 0.25) is 0 Å². The first-order valence-electron chi connectivity index (χ1n) is 4.71. The maximum absolute atomic E-state index is 13.2. The minimum Gasteiger partial charge on any atom is -0.295 e. The van der Waals surface area contributed by atoms with Crippen LogP contribution in [0.4, 0.5) is 52.7 Å². The lowest BCUT2D eigenvalue weighted by Gasteiger charge is -2.40. The maximum atomic E-state index is 13.2. The van der Waals surface area contributed by atoms with E-state index in [2.05, 4.69) is 32.7 Å². The Morgan fingerprint density at radius 1 is 0.609 bits per heavy atom. The van der Waals surface area contributed by atoms with Crippen LogP contribution in [0.1, 0.15) is 0 Å². The summed E-state index contributed by atoms with van der Waals surface area (Å²) in [7, 11) is 0. The molecule has 1 aliphatic heterocycles. The molecular formula is C7Cl2F12O2. The standard InChI is InChI=1S/C7Cl2F12O2/c8-4(9)7(20,21)23-3(22-4,1(10,11)5(14,15)16)2(12,13)6(17,18)19. The van der Waals surface area contributed by atoms with Gasteiger partial charge in [0, 0.05) is 0 Å². The van der Waals surface area contributed by atoms with Crippen LogP contribution in [0.3, 0.4) is 0 Å². The molecule has 0 aromatic rings. The number of hydrogen-bond acceptors (Lipinski definition) is 2. The van der Waals surface area contributed by atoms with Crippen LogP contribution in [0.25, 0.3) is 0 Å². The molecule has 0 aromatic heterocycles. The van der Waals surface area contributed by atoms with Gasteiger partial charge in [-0.25, -0.2) is 0 Å². The van der Waals surface area contributed by atoms with E-state index < -0.39 is 40.6 Å². The highest BCUT2D eigenvalue weighted by Gasteiger charge is 2.94. The third-order valence-electron chi connectivity index (χ3n) is 2.42. The second kappa shape index (κ2) is 4.85. The Balaban J connectivity index is 3.74. The first-order valence-corrected chi connectivity index (χ1v) is 5.47. The molecule has 0 aliphatic carbocycles. The van der Waals surface area contributed by atoms with Crippen molar-refractivity contribution in [3.8, 4) is 0 Å². The summed E-state index contributed by atoms with van der Waals surface area (Å²) in [4.78, 5) is 0. The van der Waals surface area contributed by atoms with Crippen LogP contribution in [0.5, 0.6) is 0 Å². The minimum absolute atomic E-state index is 2.37. The lowest BCUT2D eigenvalue weighted by molar-refractivity contribution is -0.488. The zero-order valence-electron chi connectivity index (χ0n) is 9.61. The van der Waals surface area contributed by atoms with Gasteiger partial charge in [0.2, 0.25) is 0 Å². The van der Waals surface area contributed by atoms with Gasteiger partial charge in [0.25, 0.3) is 0 Å². The van der Waals surface area contributed by atoms with E-state index in [0.717, 1.165) is 0 Å². The van der Waals surface area contributed by atoms with E-state index in [4.69, 9.17) is 0 Å². The molecule has 0 aromatic carbocycles. The molecule has 2 nitrogen and oxygen atoms in total. The summed E-state index contributed by atoms with van der Waals surface area (Å²) < 4.78 is 153. The van der Waals surface area contributed by atoms with Crippen molar-refractivity contribution in [2.24, 2.45) is 0 Å². The maximum Gasteiger partial charge on any atom is 0.459 e. The highest BCUT2D eigenvalue weighted by Crippen LogP contribution is 2.65. The molecule has 16 heteroatoms. The predicted octanol–water partition coefficient (Wildman–Crippen LogP) is 4.85. The van der Waals surface area contributed by atoms with E-state index in [1.807, 2.05) is 0 Å². The van der Waals surface area contributed by atoms with Gasteiger partial charge in [0.15, 0.2) is 0 Å². The normalized spacial score (nSPS) is 24.8. The van der Waals surface area contributed by atoms with Gasteiger partial charge in [-0.1, -0.05) is 23.2 Å². The molecule has 0 unspecified atom stereocenters. The third kappa shape index (κ3) is 2.61. The van der Waals surface area contributed by atoms with Crippen molar-refractivity contribution in [2.75, 3.05) is 0 Å². The number of alkyl halides is 14. The van der Waals surface area contributed by atoms with Crippen molar-refractivity contribution in [3.05, 3.63) is 0 Å². The predicted molar refractivity (Wildman–Crippen MR) is 46.3 cm³/mol. The zero-order chi connectivity index (χ0) is 18.9. The molecule has 1 heterocycles. The SMILES string of the molecule is FC(F)(F)C(F)(F)C1(C(F)(F)C(F)(F)F)OC(F)(F)C(Cl)(Cl)O1. The van der Waals surface area contributed by atoms with E-state index in [0.29, 0.717) is 0 Å². The lowest BCUT2D eigenvalue weighted by Crippen LogP contribution is -2.71. The highest BCUT2D eigenvalue weighted by molar-refractivity contribution is 6.48. The Labute approximate surface area is 127 Å². The van der Waals surface area contributed by atoms with Crippen molar-refractivity contribution >= 4 is 23.2 Å². The molecule has 1 rings (SSSR count). The van der Waals surface area contributed by atoms with E-state index >= 15 is 0 Å². The number of rotatable bonds is 2. The molecule has 0 spiro atoms. The molecule has 0 N–H and O–H groups in total. The Bertz CT molecular complexity index is 437. The fraction of sp³-hybridized carbons (Fsp3) is 1.00. The van der Waals surface area contributed by atoms with Crippen LogP contribution in [-0.2, 0) is 9.47 Å². The van der Waals surface area contributed by atoms with E-state index in [9.17, 15) is 52.7 Å². The van der Waals surface area contributed by atoms with E-state index in [-0.39, 0.29) is 0 Å². The summed E-state index contributed by atoms with van der Waals surface area (Å²) in [5.41, 5.74) is 0. The van der Waals surface area contributed by atoms with Crippen molar-refractivity contribution in [3.63, 3.8) is 0 Å². The van der Waals surface area contributed by atoms with Crippen molar-refractivity contribution in [2.45, 2.75) is 40.6 Å². The van der Waals surface area contributed by atoms with Gasteiger partial charge in [-0.05, 0) is 0 Å². The highest BCUT2D eigenvalue weighted by atomic mass is 35.5. The molecule has 1 aliphatic rings. The average molecular weight is 415 g/mol. The first-order chi connectivity index (χ1) is 9.66. The Kier molecular flexibility index (Phi) is 4.37. The van der Waals surface area contributed by atoms with Crippen LogP contribution in [0.15, 0.2) is 0 Å². The molecular weight excluding hydrogens is 415 g/mol. The average Bonchev–Trinajstić information content (AvgIpc) is 2.43. The van der Waals surface area contributed by atoms with E-state index in [1.54, 1.807) is 0 Å². The Morgan fingerprint density at radius 3 is 1.09 bits per heavy atom. The quantitative estimate of drug-likeness (QED) is 0.475. The van der Waals surface area contributed by atoms with Crippen LogP contribution < -0.4 is 0 Å². The van der Waals surface area contributed by atoms with Gasteiger partial charge in [0.05, 0.1) is 0 Å². The summed E-state index contributed by atoms with van der Waals surface area (Å²) in [6, 6.07) is 0. The molecule has 23 heavy (non-hydrogen) atoms. The smallest absolute Gasteiger partial charge is 0.295 e. The van der Waals surface area contributed by atoms with Crippen LogP contribution >= 0.6 is 23.2 Å². The molecule has 0 bridgehead atoms. The van der Waals surface area contributed by atoms with Crippen molar-refractivity contribution in [1.82, 2.24) is 0 Å². The molecule has 0 saturated carbocycles. The Hall–Kier alpha value is -0.340. The van der Waals surface area contributed by atoms with Crippen molar-refractivity contribution < 1.29 is 62.2 Å². The second-order valence-electron chi connectivity index (χ2n) is 4.00. The third-order valence-corrected chi connectivity index (χ3v) is 3.02. The zero-order valence-corrected chi connectivity index (χ0v) is 11.1. The first kappa shape index (κ1) is 20.7. The monoisotopic (exact) mass is 414 g/mol. The molecule has 1 saturated heterocycles. The van der Waals surface area contributed by atoms with Gasteiger partial charge in [0.1, 0.15) is 0 Å². The van der Waals surface area contributed by atoms with Gasteiger partial charge in [-0.2, -0.15) is 52.7 Å². The van der Waals surface area contributed by atoms with Gasteiger partial charge >= 0.3 is 40.6 Å². The topological polar surface area (TPSA) is 18.5 Å². The van der Waals surface area contributed by atoms with Gasteiger partial charge in [-0.15, -0.1) is 0 Å². The van der Waals surface area contributed by atoms with Crippen LogP contribution in [0, 0.1) is 0 Å². The largest absolute Gasteiger partial charge is 0.459 e. The minimum atomic E-state index is -7.30. The summed E-state index contributed by atoms with van der Waals surface area (Å²) in [5.74, 6) is -21.2. The molecule has 138 valence electrons. The molecule has 0 amide bonds. The summed E-state index contributed by atoms with van der Waals surface area (Å²) in [6.07, 6.45) is -20.2. The summed E-state index contributed by atoms with van der Waals surface area (Å²) in [6.45, 7) is 0. The lowest BCUT2D eigenvalue weighted by atomic mass is 9.99. The molecule has 0 atom stereocenters. The Morgan fingerprint density at radius 2 is 0.913 bits per heavy atom. The summed E-state index contributed by atoms with van der Waals surface area (Å²) >= 11 is 8.85. The number of halogens is 14. The van der Waals surface area contributed by atoms with Crippen LogP contribution in [-0.4, -0.2) is 40.6 Å². The van der Waals surface area contributed by atoms with Gasteiger partial charge < -0.3 is 0 Å². The number of ether oxygens (including phenoxy) is 2. The fourth-order valence-corrected chi connectivity index (χ4v) is 1.62. The van der Waals surface area contributed by atoms with Crippen molar-refractivity contribution in [1.29, 1.82) is 0 Å². The molecule has 1 fully saturated rings. The fourth-order valence-electron chi connectivity index (χ4n) is 1.33. The molecule has 0 radical (unpaired) electrons. The second-order valence-corrected chi connectivity index (χ2v) is 5.26.